The molecular formula is C11H20N4S. The zero-order valence-corrected chi connectivity index (χ0v) is 10.8. The maximum atomic E-state index is 4.34. The van der Waals surface area contributed by atoms with E-state index in [4.69, 9.17) is 0 Å². The van der Waals surface area contributed by atoms with Crippen molar-refractivity contribution >= 4 is 11.8 Å². The molecule has 0 spiro atoms. The van der Waals surface area contributed by atoms with Crippen molar-refractivity contribution in [3.05, 3.63) is 12.2 Å². The van der Waals surface area contributed by atoms with Crippen molar-refractivity contribution in [2.45, 2.75) is 45.3 Å². The smallest absolute Gasteiger partial charge is 0.143 e. The number of rotatable bonds is 4. The molecule has 2 rings (SSSR count). The average molecular weight is 240 g/mol. The highest BCUT2D eigenvalue weighted by atomic mass is 32.2. The first-order chi connectivity index (χ1) is 7.81. The van der Waals surface area contributed by atoms with Crippen LogP contribution in [0.15, 0.2) is 6.33 Å². The zero-order chi connectivity index (χ0) is 11.4. The van der Waals surface area contributed by atoms with E-state index in [0.717, 1.165) is 12.4 Å². The third-order valence-corrected chi connectivity index (χ3v) is 4.09. The summed E-state index contributed by atoms with van der Waals surface area (Å²) in [4.78, 5) is 4.34. The molecular weight excluding hydrogens is 220 g/mol. The molecule has 0 aromatic carbocycles. The number of aromatic nitrogens is 3. The van der Waals surface area contributed by atoms with E-state index in [9.17, 15) is 0 Å². The van der Waals surface area contributed by atoms with Crippen LogP contribution < -0.4 is 5.32 Å². The van der Waals surface area contributed by atoms with E-state index in [1.807, 2.05) is 4.68 Å². The molecule has 1 atom stereocenters. The van der Waals surface area contributed by atoms with Gasteiger partial charge in [0.15, 0.2) is 0 Å². The van der Waals surface area contributed by atoms with Gasteiger partial charge in [0.25, 0.3) is 0 Å². The van der Waals surface area contributed by atoms with Gasteiger partial charge in [-0.1, -0.05) is 0 Å². The zero-order valence-electron chi connectivity index (χ0n) is 10.0. The molecule has 1 saturated heterocycles. The van der Waals surface area contributed by atoms with Crippen LogP contribution in [-0.2, 0) is 6.54 Å². The number of aryl methyl sites for hydroxylation is 1. The standard InChI is InChI=1S/C11H20N4S/c1-3-15-11(12-8-13-15)9(2)14-10-4-6-16-7-5-10/h8-10,14H,3-7H2,1-2H3/t9-/m1/s1. The molecule has 0 bridgehead atoms. The largest absolute Gasteiger partial charge is 0.305 e. The van der Waals surface area contributed by atoms with E-state index in [0.29, 0.717) is 12.1 Å². The predicted molar refractivity (Wildman–Crippen MR) is 67.6 cm³/mol. The van der Waals surface area contributed by atoms with Crippen LogP contribution in [0, 0.1) is 0 Å². The molecule has 4 nitrogen and oxygen atoms in total. The lowest BCUT2D eigenvalue weighted by molar-refractivity contribution is 0.406. The quantitative estimate of drug-likeness (QED) is 0.872. The SMILES string of the molecule is CCn1ncnc1[C@@H](C)NC1CCSCC1. The van der Waals surface area contributed by atoms with Gasteiger partial charge in [0, 0.05) is 12.6 Å². The van der Waals surface area contributed by atoms with Gasteiger partial charge in [0.2, 0.25) is 0 Å². The summed E-state index contributed by atoms with van der Waals surface area (Å²) in [6.07, 6.45) is 4.19. The fourth-order valence-corrected chi connectivity index (χ4v) is 3.25. The van der Waals surface area contributed by atoms with E-state index in [-0.39, 0.29) is 0 Å². The Labute approximate surface area is 101 Å². The molecule has 1 N–H and O–H groups in total. The summed E-state index contributed by atoms with van der Waals surface area (Å²) < 4.78 is 1.97. The van der Waals surface area contributed by atoms with Crippen LogP contribution in [0.3, 0.4) is 0 Å². The van der Waals surface area contributed by atoms with Crippen molar-refractivity contribution in [3.8, 4) is 0 Å². The Hall–Kier alpha value is -0.550. The Morgan fingerprint density at radius 1 is 1.56 bits per heavy atom. The Kier molecular flexibility index (Phi) is 4.23. The first-order valence-corrected chi connectivity index (χ1v) is 7.18. The van der Waals surface area contributed by atoms with Crippen LogP contribution >= 0.6 is 11.8 Å². The van der Waals surface area contributed by atoms with Crippen molar-refractivity contribution in [1.82, 2.24) is 20.1 Å². The van der Waals surface area contributed by atoms with Crippen LogP contribution in [-0.4, -0.2) is 32.3 Å². The van der Waals surface area contributed by atoms with Crippen LogP contribution in [0.25, 0.3) is 0 Å². The van der Waals surface area contributed by atoms with Crippen LogP contribution in [0.2, 0.25) is 0 Å². The molecule has 0 radical (unpaired) electrons. The lowest BCUT2D eigenvalue weighted by Gasteiger charge is -2.26. The number of thioether (sulfide) groups is 1. The number of nitrogens with one attached hydrogen (secondary N) is 1. The molecule has 1 aliphatic heterocycles. The van der Waals surface area contributed by atoms with Gasteiger partial charge in [-0.3, -0.25) is 0 Å². The van der Waals surface area contributed by atoms with Crippen molar-refractivity contribution in [1.29, 1.82) is 0 Å². The molecule has 1 aromatic rings. The minimum absolute atomic E-state index is 0.301. The molecule has 1 fully saturated rings. The summed E-state index contributed by atoms with van der Waals surface area (Å²) in [6.45, 7) is 5.17. The maximum absolute atomic E-state index is 4.34. The van der Waals surface area contributed by atoms with E-state index >= 15 is 0 Å². The highest BCUT2D eigenvalue weighted by Gasteiger charge is 2.19. The normalized spacial score (nSPS) is 19.9. The lowest BCUT2D eigenvalue weighted by Crippen LogP contribution is -2.35. The summed E-state index contributed by atoms with van der Waals surface area (Å²) in [5.41, 5.74) is 0. The van der Waals surface area contributed by atoms with Gasteiger partial charge in [-0.15, -0.1) is 0 Å². The molecule has 2 heterocycles. The summed E-state index contributed by atoms with van der Waals surface area (Å²) in [5.74, 6) is 3.62. The van der Waals surface area contributed by atoms with Gasteiger partial charge >= 0.3 is 0 Å². The summed E-state index contributed by atoms with van der Waals surface area (Å²) in [7, 11) is 0. The van der Waals surface area contributed by atoms with Crippen LogP contribution in [0.4, 0.5) is 0 Å². The Bertz CT molecular complexity index is 320. The first kappa shape index (κ1) is 11.9. The number of hydrogen-bond donors (Lipinski definition) is 1. The van der Waals surface area contributed by atoms with Crippen molar-refractivity contribution in [2.24, 2.45) is 0 Å². The van der Waals surface area contributed by atoms with E-state index in [2.05, 4.69) is 41.0 Å². The summed E-state index contributed by atoms with van der Waals surface area (Å²) in [6, 6.07) is 0.953. The Morgan fingerprint density at radius 3 is 3.00 bits per heavy atom. The molecule has 0 saturated carbocycles. The lowest BCUT2D eigenvalue weighted by atomic mass is 10.1. The van der Waals surface area contributed by atoms with Crippen molar-refractivity contribution in [3.63, 3.8) is 0 Å². The van der Waals surface area contributed by atoms with Gasteiger partial charge < -0.3 is 5.32 Å². The van der Waals surface area contributed by atoms with Gasteiger partial charge in [-0.05, 0) is 38.2 Å². The first-order valence-electron chi connectivity index (χ1n) is 6.02. The summed E-state index contributed by atoms with van der Waals surface area (Å²) >= 11 is 2.06. The topological polar surface area (TPSA) is 42.7 Å². The van der Waals surface area contributed by atoms with Gasteiger partial charge in [-0.2, -0.15) is 16.9 Å². The van der Waals surface area contributed by atoms with Crippen molar-refractivity contribution in [2.75, 3.05) is 11.5 Å². The van der Waals surface area contributed by atoms with E-state index in [1.165, 1.54) is 24.3 Å². The molecule has 0 unspecified atom stereocenters. The maximum Gasteiger partial charge on any atom is 0.143 e. The molecule has 1 aliphatic rings. The van der Waals surface area contributed by atoms with E-state index < -0.39 is 0 Å². The van der Waals surface area contributed by atoms with Gasteiger partial charge in [0.05, 0.1) is 6.04 Å². The Morgan fingerprint density at radius 2 is 2.31 bits per heavy atom. The molecule has 0 aliphatic carbocycles. The third kappa shape index (κ3) is 2.77. The second-order valence-corrected chi connectivity index (χ2v) is 5.43. The molecule has 5 heteroatoms. The fourth-order valence-electron chi connectivity index (χ4n) is 2.14. The summed E-state index contributed by atoms with van der Waals surface area (Å²) in [5, 5.41) is 7.87. The van der Waals surface area contributed by atoms with Gasteiger partial charge in [-0.25, -0.2) is 9.67 Å². The molecule has 1 aromatic heterocycles. The second kappa shape index (κ2) is 5.68. The van der Waals surface area contributed by atoms with Crippen LogP contribution in [0.5, 0.6) is 0 Å². The minimum atomic E-state index is 0.301. The van der Waals surface area contributed by atoms with Crippen LogP contribution in [0.1, 0.15) is 38.6 Å². The third-order valence-electron chi connectivity index (χ3n) is 3.04. The van der Waals surface area contributed by atoms with Crippen molar-refractivity contribution < 1.29 is 0 Å². The minimum Gasteiger partial charge on any atom is -0.305 e. The fraction of sp³-hybridized carbons (Fsp3) is 0.818. The monoisotopic (exact) mass is 240 g/mol. The number of nitrogens with zero attached hydrogens (tertiary/aromatic N) is 3. The molecule has 0 amide bonds. The van der Waals surface area contributed by atoms with E-state index in [1.54, 1.807) is 6.33 Å². The second-order valence-electron chi connectivity index (χ2n) is 4.21. The Balaban J connectivity index is 1.93. The molecule has 90 valence electrons. The average Bonchev–Trinajstić information content (AvgIpc) is 2.78. The molecule has 16 heavy (non-hydrogen) atoms. The predicted octanol–water partition coefficient (Wildman–Crippen LogP) is 1.84. The highest BCUT2D eigenvalue weighted by Crippen LogP contribution is 2.19. The highest BCUT2D eigenvalue weighted by molar-refractivity contribution is 7.99. The van der Waals surface area contributed by atoms with Gasteiger partial charge in [0.1, 0.15) is 12.2 Å². The number of hydrogen-bond acceptors (Lipinski definition) is 4.